The highest BCUT2D eigenvalue weighted by atomic mass is 16.5. The molecule has 1 aromatic rings. The molecule has 0 saturated carbocycles. The van der Waals surface area contributed by atoms with Crippen LogP contribution in [0, 0.1) is 0 Å². The van der Waals surface area contributed by atoms with E-state index in [1.807, 2.05) is 12.1 Å². The van der Waals surface area contributed by atoms with Gasteiger partial charge in [0.05, 0.1) is 24.8 Å². The number of ether oxygens (including phenoxy) is 1. The summed E-state index contributed by atoms with van der Waals surface area (Å²) < 4.78 is 5.46. The zero-order chi connectivity index (χ0) is 13.0. The molecule has 1 aromatic carbocycles. The van der Waals surface area contributed by atoms with Gasteiger partial charge in [-0.2, -0.15) is 0 Å². The Balaban J connectivity index is 1.75. The quantitative estimate of drug-likeness (QED) is 0.769. The van der Waals surface area contributed by atoms with Gasteiger partial charge >= 0.3 is 0 Å². The molecule has 0 aliphatic carbocycles. The van der Waals surface area contributed by atoms with Crippen LogP contribution >= 0.6 is 0 Å². The molecule has 0 spiro atoms. The molecule has 5 nitrogen and oxygen atoms in total. The number of para-hydroxylation sites is 2. The number of aliphatic hydroxyl groups excluding tert-OH is 1. The van der Waals surface area contributed by atoms with Crippen LogP contribution in [0.2, 0.25) is 0 Å². The van der Waals surface area contributed by atoms with Crippen molar-refractivity contribution in [3.05, 3.63) is 24.3 Å². The molecule has 3 N–H and O–H groups in total. The second-order valence-corrected chi connectivity index (χ2v) is 4.42. The first-order valence-corrected chi connectivity index (χ1v) is 6.10. The number of anilines is 1. The molecule has 5 heteroatoms. The summed E-state index contributed by atoms with van der Waals surface area (Å²) >= 11 is 0. The van der Waals surface area contributed by atoms with Gasteiger partial charge in [0.1, 0.15) is 5.75 Å². The molecular weight excluding hydrogens is 232 g/mol. The summed E-state index contributed by atoms with van der Waals surface area (Å²) in [5.74, 6) is 0.618. The maximum absolute atomic E-state index is 11.8. The number of β-amino-alcohol motifs (C(OH)–C–C–N with tert-alkyl or cyclic N) is 1. The van der Waals surface area contributed by atoms with Crippen LogP contribution in [-0.4, -0.2) is 41.7 Å². The third-order valence-electron chi connectivity index (χ3n) is 3.01. The zero-order valence-electron chi connectivity index (χ0n) is 10.2. The Morgan fingerprint density at radius 1 is 1.50 bits per heavy atom. The van der Waals surface area contributed by atoms with Gasteiger partial charge in [0.2, 0.25) is 5.91 Å². The number of benzene rings is 1. The van der Waals surface area contributed by atoms with E-state index in [0.717, 1.165) is 0 Å². The molecule has 1 amide bonds. The van der Waals surface area contributed by atoms with E-state index < -0.39 is 0 Å². The number of likely N-dealkylation sites (tertiary alicyclic amines) is 1. The maximum Gasteiger partial charge on any atom is 0.226 e. The van der Waals surface area contributed by atoms with Gasteiger partial charge in [-0.05, 0) is 18.6 Å². The highest BCUT2D eigenvalue weighted by Crippen LogP contribution is 2.20. The number of carbonyl (C=O) groups is 1. The maximum atomic E-state index is 11.8. The molecule has 1 heterocycles. The Hall–Kier alpha value is -1.75. The number of nitrogens with zero attached hydrogens (tertiary/aromatic N) is 1. The van der Waals surface area contributed by atoms with Crippen molar-refractivity contribution in [2.24, 2.45) is 0 Å². The average Bonchev–Trinajstić information content (AvgIpc) is 2.78. The van der Waals surface area contributed by atoms with E-state index in [4.69, 9.17) is 10.5 Å². The van der Waals surface area contributed by atoms with Gasteiger partial charge in [-0.3, -0.25) is 4.79 Å². The molecule has 0 bridgehead atoms. The van der Waals surface area contributed by atoms with Crippen LogP contribution in [-0.2, 0) is 4.79 Å². The van der Waals surface area contributed by atoms with Crippen LogP contribution in [0.4, 0.5) is 5.69 Å². The summed E-state index contributed by atoms with van der Waals surface area (Å²) in [6.45, 7) is 1.37. The monoisotopic (exact) mass is 250 g/mol. The minimum atomic E-state index is -0.375. The van der Waals surface area contributed by atoms with Crippen molar-refractivity contribution >= 4 is 11.6 Å². The first-order chi connectivity index (χ1) is 8.66. The van der Waals surface area contributed by atoms with E-state index >= 15 is 0 Å². The van der Waals surface area contributed by atoms with E-state index in [1.54, 1.807) is 17.0 Å². The molecule has 0 radical (unpaired) electrons. The molecular formula is C13H18N2O3. The Labute approximate surface area is 106 Å². The lowest BCUT2D eigenvalue weighted by molar-refractivity contribution is -0.131. The number of hydrogen-bond donors (Lipinski definition) is 2. The summed E-state index contributed by atoms with van der Waals surface area (Å²) in [6, 6.07) is 7.21. The minimum Gasteiger partial charge on any atom is -0.491 e. The highest BCUT2D eigenvalue weighted by molar-refractivity contribution is 5.76. The van der Waals surface area contributed by atoms with E-state index in [2.05, 4.69) is 0 Å². The molecule has 1 atom stereocenters. The minimum absolute atomic E-state index is 0.0149. The van der Waals surface area contributed by atoms with E-state index in [0.29, 0.717) is 44.0 Å². The highest BCUT2D eigenvalue weighted by Gasteiger charge is 2.24. The lowest BCUT2D eigenvalue weighted by Crippen LogP contribution is -2.30. The van der Waals surface area contributed by atoms with Crippen molar-refractivity contribution in [2.75, 3.05) is 25.4 Å². The number of amides is 1. The smallest absolute Gasteiger partial charge is 0.226 e. The van der Waals surface area contributed by atoms with Gasteiger partial charge in [-0.15, -0.1) is 0 Å². The zero-order valence-corrected chi connectivity index (χ0v) is 10.2. The van der Waals surface area contributed by atoms with Crippen LogP contribution < -0.4 is 10.5 Å². The van der Waals surface area contributed by atoms with Crippen molar-refractivity contribution in [3.63, 3.8) is 0 Å². The van der Waals surface area contributed by atoms with Gasteiger partial charge in [0.15, 0.2) is 0 Å². The van der Waals surface area contributed by atoms with Crippen molar-refractivity contribution in [1.82, 2.24) is 4.90 Å². The SMILES string of the molecule is Nc1ccccc1OCCC(=O)N1CC[C@H](O)C1. The molecule has 18 heavy (non-hydrogen) atoms. The Kier molecular flexibility index (Phi) is 4.04. The fourth-order valence-electron chi connectivity index (χ4n) is 1.99. The normalized spacial score (nSPS) is 18.9. The number of nitrogens with two attached hydrogens (primary N) is 1. The van der Waals surface area contributed by atoms with Crippen molar-refractivity contribution in [3.8, 4) is 5.75 Å². The van der Waals surface area contributed by atoms with Gasteiger partial charge in [0, 0.05) is 13.1 Å². The largest absolute Gasteiger partial charge is 0.491 e. The second-order valence-electron chi connectivity index (χ2n) is 4.42. The van der Waals surface area contributed by atoms with Gasteiger partial charge in [-0.25, -0.2) is 0 Å². The summed E-state index contributed by atoms with van der Waals surface area (Å²) in [7, 11) is 0. The average molecular weight is 250 g/mol. The van der Waals surface area contributed by atoms with E-state index in [9.17, 15) is 9.90 Å². The van der Waals surface area contributed by atoms with Gasteiger partial charge in [0.25, 0.3) is 0 Å². The van der Waals surface area contributed by atoms with Crippen LogP contribution in [0.3, 0.4) is 0 Å². The van der Waals surface area contributed by atoms with Crippen LogP contribution in [0.15, 0.2) is 24.3 Å². The van der Waals surface area contributed by atoms with Crippen molar-refractivity contribution < 1.29 is 14.6 Å². The third kappa shape index (κ3) is 3.13. The number of aliphatic hydroxyl groups is 1. The number of hydrogen-bond acceptors (Lipinski definition) is 4. The predicted octanol–water partition coefficient (Wildman–Crippen LogP) is 0.631. The van der Waals surface area contributed by atoms with E-state index in [-0.39, 0.29) is 12.0 Å². The topological polar surface area (TPSA) is 75.8 Å². The first-order valence-electron chi connectivity index (χ1n) is 6.10. The molecule has 98 valence electrons. The summed E-state index contributed by atoms with van der Waals surface area (Å²) in [4.78, 5) is 13.4. The molecule has 1 aliphatic heterocycles. The number of rotatable bonds is 4. The fraction of sp³-hybridized carbons (Fsp3) is 0.462. The fourth-order valence-corrected chi connectivity index (χ4v) is 1.99. The standard InChI is InChI=1S/C13H18N2O3/c14-11-3-1-2-4-12(11)18-8-6-13(17)15-7-5-10(16)9-15/h1-4,10,16H,5-9,14H2/t10-/m0/s1. The van der Waals surface area contributed by atoms with Crippen LogP contribution in [0.1, 0.15) is 12.8 Å². The Morgan fingerprint density at radius 2 is 2.28 bits per heavy atom. The van der Waals surface area contributed by atoms with Crippen molar-refractivity contribution in [2.45, 2.75) is 18.9 Å². The predicted molar refractivity (Wildman–Crippen MR) is 68.2 cm³/mol. The lowest BCUT2D eigenvalue weighted by Gasteiger charge is -2.15. The van der Waals surface area contributed by atoms with E-state index in [1.165, 1.54) is 0 Å². The van der Waals surface area contributed by atoms with Gasteiger partial charge in [-0.1, -0.05) is 12.1 Å². The molecule has 0 unspecified atom stereocenters. The summed E-state index contributed by atoms with van der Waals surface area (Å²) in [5, 5.41) is 9.35. The number of nitrogen functional groups attached to an aromatic ring is 1. The molecule has 1 aliphatic rings. The van der Waals surface area contributed by atoms with Crippen molar-refractivity contribution in [1.29, 1.82) is 0 Å². The molecule has 2 rings (SSSR count). The van der Waals surface area contributed by atoms with Crippen LogP contribution in [0.5, 0.6) is 5.75 Å². The Morgan fingerprint density at radius 3 is 2.94 bits per heavy atom. The first kappa shape index (κ1) is 12.7. The van der Waals surface area contributed by atoms with Gasteiger partial charge < -0.3 is 20.5 Å². The number of carbonyl (C=O) groups excluding carboxylic acids is 1. The molecule has 0 aromatic heterocycles. The Bertz CT molecular complexity index is 422. The second kappa shape index (κ2) is 5.73. The summed E-state index contributed by atoms with van der Waals surface area (Å²) in [6.07, 6.45) is 0.596. The molecule has 1 fully saturated rings. The summed E-state index contributed by atoms with van der Waals surface area (Å²) in [5.41, 5.74) is 6.30. The van der Waals surface area contributed by atoms with Crippen LogP contribution in [0.25, 0.3) is 0 Å². The lowest BCUT2D eigenvalue weighted by atomic mass is 10.3. The molecule has 1 saturated heterocycles. The third-order valence-corrected chi connectivity index (χ3v) is 3.01.